The topological polar surface area (TPSA) is 35.5 Å². The Bertz CT molecular complexity index is 608. The maximum atomic E-state index is 12.1. The van der Waals surface area contributed by atoms with Gasteiger partial charge >= 0.3 is 5.97 Å². The van der Waals surface area contributed by atoms with E-state index in [1.165, 1.54) is 0 Å². The minimum Gasteiger partial charge on any atom is -0.493 e. The summed E-state index contributed by atoms with van der Waals surface area (Å²) in [6, 6.07) is 12.6. The molecule has 0 aliphatic rings. The lowest BCUT2D eigenvalue weighted by Crippen LogP contribution is -2.09. The first kappa shape index (κ1) is 13.9. The number of carbonyl (C=O) groups excluding carboxylic acids is 1. The molecule has 19 heavy (non-hydrogen) atoms. The van der Waals surface area contributed by atoms with Crippen molar-refractivity contribution in [2.75, 3.05) is 7.11 Å². The van der Waals surface area contributed by atoms with Crippen LogP contribution in [-0.4, -0.2) is 13.1 Å². The van der Waals surface area contributed by atoms with Crippen molar-refractivity contribution in [2.24, 2.45) is 0 Å². The Morgan fingerprint density at radius 2 is 1.79 bits per heavy atom. The molecule has 2 aromatic rings. The Labute approximate surface area is 125 Å². The average molecular weight is 368 g/mol. The number of esters is 1. The SMILES string of the molecule is COc1ccccc1OC(=O)c1ccc(C)c(I)c1. The lowest BCUT2D eigenvalue weighted by molar-refractivity contribution is 0.0729. The fourth-order valence-corrected chi connectivity index (χ4v) is 2.10. The third-order valence-corrected chi connectivity index (χ3v) is 3.84. The Morgan fingerprint density at radius 1 is 1.11 bits per heavy atom. The van der Waals surface area contributed by atoms with E-state index in [0.29, 0.717) is 17.1 Å². The van der Waals surface area contributed by atoms with Gasteiger partial charge in [-0.3, -0.25) is 0 Å². The first-order chi connectivity index (χ1) is 9.11. The van der Waals surface area contributed by atoms with Crippen LogP contribution in [0.4, 0.5) is 0 Å². The number of aryl methyl sites for hydroxylation is 1. The van der Waals surface area contributed by atoms with Gasteiger partial charge in [0, 0.05) is 3.57 Å². The van der Waals surface area contributed by atoms with Crippen LogP contribution in [0.25, 0.3) is 0 Å². The molecule has 0 spiro atoms. The monoisotopic (exact) mass is 368 g/mol. The van der Waals surface area contributed by atoms with Gasteiger partial charge in [-0.05, 0) is 59.3 Å². The molecule has 2 aromatic carbocycles. The van der Waals surface area contributed by atoms with Gasteiger partial charge in [-0.15, -0.1) is 0 Å². The van der Waals surface area contributed by atoms with Crippen LogP contribution in [0.3, 0.4) is 0 Å². The maximum Gasteiger partial charge on any atom is 0.343 e. The Hall–Kier alpha value is -1.56. The van der Waals surface area contributed by atoms with Crippen molar-refractivity contribution >= 4 is 28.6 Å². The van der Waals surface area contributed by atoms with E-state index in [0.717, 1.165) is 9.13 Å². The van der Waals surface area contributed by atoms with Crippen LogP contribution >= 0.6 is 22.6 Å². The minimum atomic E-state index is -0.387. The lowest BCUT2D eigenvalue weighted by atomic mass is 10.1. The van der Waals surface area contributed by atoms with Gasteiger partial charge in [0.05, 0.1) is 12.7 Å². The van der Waals surface area contributed by atoms with Gasteiger partial charge in [0.15, 0.2) is 11.5 Å². The van der Waals surface area contributed by atoms with Crippen molar-refractivity contribution in [1.29, 1.82) is 0 Å². The zero-order valence-electron chi connectivity index (χ0n) is 10.6. The summed E-state index contributed by atoms with van der Waals surface area (Å²) in [7, 11) is 1.54. The molecular formula is C15H13IO3. The highest BCUT2D eigenvalue weighted by Gasteiger charge is 2.12. The number of methoxy groups -OCH3 is 1. The van der Waals surface area contributed by atoms with Gasteiger partial charge in [-0.2, -0.15) is 0 Å². The van der Waals surface area contributed by atoms with Crippen molar-refractivity contribution < 1.29 is 14.3 Å². The molecule has 2 rings (SSSR count). The number of carbonyl (C=O) groups is 1. The van der Waals surface area contributed by atoms with Crippen molar-refractivity contribution in [1.82, 2.24) is 0 Å². The van der Waals surface area contributed by atoms with E-state index in [1.54, 1.807) is 31.4 Å². The van der Waals surface area contributed by atoms with E-state index in [4.69, 9.17) is 9.47 Å². The number of rotatable bonds is 3. The van der Waals surface area contributed by atoms with Crippen molar-refractivity contribution in [2.45, 2.75) is 6.92 Å². The molecule has 0 fully saturated rings. The Balaban J connectivity index is 2.23. The van der Waals surface area contributed by atoms with E-state index >= 15 is 0 Å². The van der Waals surface area contributed by atoms with Gasteiger partial charge < -0.3 is 9.47 Å². The fraction of sp³-hybridized carbons (Fsp3) is 0.133. The fourth-order valence-electron chi connectivity index (χ4n) is 1.58. The number of hydrogen-bond acceptors (Lipinski definition) is 3. The van der Waals surface area contributed by atoms with E-state index in [-0.39, 0.29) is 5.97 Å². The molecule has 0 amide bonds. The first-order valence-corrected chi connectivity index (χ1v) is 6.81. The molecule has 0 N–H and O–H groups in total. The molecule has 0 aliphatic carbocycles. The molecule has 3 nitrogen and oxygen atoms in total. The highest BCUT2D eigenvalue weighted by molar-refractivity contribution is 14.1. The lowest BCUT2D eigenvalue weighted by Gasteiger charge is -2.09. The van der Waals surface area contributed by atoms with Crippen molar-refractivity contribution in [3.8, 4) is 11.5 Å². The number of para-hydroxylation sites is 2. The molecule has 0 radical (unpaired) electrons. The summed E-state index contributed by atoms with van der Waals surface area (Å²) in [5.41, 5.74) is 1.66. The summed E-state index contributed by atoms with van der Waals surface area (Å²) in [5, 5.41) is 0. The highest BCUT2D eigenvalue weighted by atomic mass is 127. The summed E-state index contributed by atoms with van der Waals surface area (Å²) in [6.07, 6.45) is 0. The van der Waals surface area contributed by atoms with Crippen molar-refractivity contribution in [3.05, 3.63) is 57.2 Å². The van der Waals surface area contributed by atoms with Crippen LogP contribution in [0.5, 0.6) is 11.5 Å². The van der Waals surface area contributed by atoms with Crippen LogP contribution in [0.15, 0.2) is 42.5 Å². The summed E-state index contributed by atoms with van der Waals surface area (Å²) in [5.74, 6) is 0.575. The average Bonchev–Trinajstić information content (AvgIpc) is 2.42. The van der Waals surface area contributed by atoms with Gasteiger partial charge in [-0.1, -0.05) is 18.2 Å². The Kier molecular flexibility index (Phi) is 4.42. The quantitative estimate of drug-likeness (QED) is 0.469. The van der Waals surface area contributed by atoms with Crippen LogP contribution in [0.2, 0.25) is 0 Å². The molecule has 0 atom stereocenters. The van der Waals surface area contributed by atoms with E-state index in [2.05, 4.69) is 22.6 Å². The molecule has 98 valence electrons. The van der Waals surface area contributed by atoms with Crippen molar-refractivity contribution in [3.63, 3.8) is 0 Å². The smallest absolute Gasteiger partial charge is 0.343 e. The second-order valence-corrected chi connectivity index (χ2v) is 5.17. The molecule has 0 bridgehead atoms. The van der Waals surface area contributed by atoms with E-state index in [1.807, 2.05) is 25.1 Å². The largest absolute Gasteiger partial charge is 0.493 e. The molecular weight excluding hydrogens is 355 g/mol. The van der Waals surface area contributed by atoms with E-state index in [9.17, 15) is 4.79 Å². The predicted octanol–water partition coefficient (Wildman–Crippen LogP) is 3.83. The molecule has 0 unspecified atom stereocenters. The third kappa shape index (κ3) is 3.26. The predicted molar refractivity (Wildman–Crippen MR) is 81.8 cm³/mol. The standard InChI is InChI=1S/C15H13IO3/c1-10-7-8-11(9-12(10)16)15(17)19-14-6-4-3-5-13(14)18-2/h3-9H,1-2H3. The van der Waals surface area contributed by atoms with Gasteiger partial charge in [0.2, 0.25) is 0 Å². The molecule has 0 saturated carbocycles. The Morgan fingerprint density at radius 3 is 2.42 bits per heavy atom. The molecule has 0 heterocycles. The van der Waals surface area contributed by atoms with Crippen LogP contribution in [0, 0.1) is 10.5 Å². The number of benzene rings is 2. The van der Waals surface area contributed by atoms with Crippen LogP contribution < -0.4 is 9.47 Å². The van der Waals surface area contributed by atoms with Crippen LogP contribution in [0.1, 0.15) is 15.9 Å². The molecule has 0 aromatic heterocycles. The summed E-state index contributed by atoms with van der Waals surface area (Å²) < 4.78 is 11.5. The normalized spacial score (nSPS) is 10.1. The summed E-state index contributed by atoms with van der Waals surface area (Å²) in [4.78, 5) is 12.1. The third-order valence-electron chi connectivity index (χ3n) is 2.68. The second kappa shape index (κ2) is 6.06. The number of halogens is 1. The summed E-state index contributed by atoms with van der Waals surface area (Å²) in [6.45, 7) is 2.00. The van der Waals surface area contributed by atoms with E-state index < -0.39 is 0 Å². The van der Waals surface area contributed by atoms with Crippen LogP contribution in [-0.2, 0) is 0 Å². The zero-order valence-corrected chi connectivity index (χ0v) is 12.8. The van der Waals surface area contributed by atoms with Gasteiger partial charge in [0.25, 0.3) is 0 Å². The summed E-state index contributed by atoms with van der Waals surface area (Å²) >= 11 is 2.20. The maximum absolute atomic E-state index is 12.1. The minimum absolute atomic E-state index is 0.387. The zero-order chi connectivity index (χ0) is 13.8. The van der Waals surface area contributed by atoms with Gasteiger partial charge in [-0.25, -0.2) is 4.79 Å². The first-order valence-electron chi connectivity index (χ1n) is 5.73. The molecule has 0 saturated heterocycles. The number of hydrogen-bond donors (Lipinski definition) is 0. The van der Waals surface area contributed by atoms with Gasteiger partial charge in [0.1, 0.15) is 0 Å². The molecule has 4 heteroatoms. The molecule has 0 aliphatic heterocycles. The number of ether oxygens (including phenoxy) is 2. The highest BCUT2D eigenvalue weighted by Crippen LogP contribution is 2.27. The second-order valence-electron chi connectivity index (χ2n) is 4.00.